The third-order valence-electron chi connectivity index (χ3n) is 2.51. The van der Waals surface area contributed by atoms with Gasteiger partial charge < -0.3 is 0 Å². The Morgan fingerprint density at radius 2 is 2.26 bits per heavy atom. The van der Waals surface area contributed by atoms with Crippen molar-refractivity contribution in [2.24, 2.45) is 0 Å². The van der Waals surface area contributed by atoms with Gasteiger partial charge in [-0.25, -0.2) is 9.37 Å². The minimum atomic E-state index is -0.388. The van der Waals surface area contributed by atoms with Gasteiger partial charge in [-0.1, -0.05) is 17.3 Å². The van der Waals surface area contributed by atoms with Crippen LogP contribution in [0.5, 0.6) is 0 Å². The Labute approximate surface area is 111 Å². The van der Waals surface area contributed by atoms with Gasteiger partial charge in [0.2, 0.25) is 5.13 Å². The minimum Gasteiger partial charge on any atom is -0.296 e. The third kappa shape index (κ3) is 2.04. The van der Waals surface area contributed by atoms with Crippen LogP contribution in [0.4, 0.5) is 4.39 Å². The summed E-state index contributed by atoms with van der Waals surface area (Å²) in [5.74, 6) is -0.388. The van der Waals surface area contributed by atoms with E-state index in [2.05, 4.69) is 15.3 Å². The van der Waals surface area contributed by atoms with Crippen molar-refractivity contribution in [3.05, 3.63) is 47.4 Å². The summed E-state index contributed by atoms with van der Waals surface area (Å²) < 4.78 is 14.8. The smallest absolute Gasteiger partial charge is 0.212 e. The van der Waals surface area contributed by atoms with Crippen LogP contribution in [0.2, 0.25) is 0 Å². The predicted octanol–water partition coefficient (Wildman–Crippen LogP) is 2.34. The van der Waals surface area contributed by atoms with E-state index >= 15 is 0 Å². The molecule has 2 heterocycles. The summed E-state index contributed by atoms with van der Waals surface area (Å²) in [6, 6.07) is 5.93. The molecule has 3 rings (SSSR count). The van der Waals surface area contributed by atoms with Crippen molar-refractivity contribution in [3.63, 3.8) is 0 Å². The first-order chi connectivity index (χ1) is 9.29. The van der Waals surface area contributed by atoms with Crippen molar-refractivity contribution in [2.45, 2.75) is 0 Å². The molecule has 94 valence electrons. The number of aromatic nitrogens is 4. The molecule has 0 saturated carbocycles. The number of aldehydes is 1. The van der Waals surface area contributed by atoms with E-state index in [9.17, 15) is 9.18 Å². The molecule has 0 fully saturated rings. The molecule has 0 atom stereocenters. The molecule has 2 aromatic heterocycles. The molecule has 1 aromatic carbocycles. The van der Waals surface area contributed by atoms with Gasteiger partial charge in [0.1, 0.15) is 11.5 Å². The highest BCUT2D eigenvalue weighted by molar-refractivity contribution is 7.12. The highest BCUT2D eigenvalue weighted by Gasteiger charge is 2.17. The van der Waals surface area contributed by atoms with E-state index in [1.54, 1.807) is 23.7 Å². The molecule has 0 spiro atoms. The van der Waals surface area contributed by atoms with Crippen LogP contribution >= 0.6 is 11.3 Å². The highest BCUT2D eigenvalue weighted by atomic mass is 32.1. The number of nitrogens with zero attached hydrogens (tertiary/aromatic N) is 4. The van der Waals surface area contributed by atoms with Crippen molar-refractivity contribution in [1.82, 2.24) is 20.0 Å². The molecule has 7 heteroatoms. The monoisotopic (exact) mass is 274 g/mol. The zero-order valence-electron chi connectivity index (χ0n) is 9.52. The lowest BCUT2D eigenvalue weighted by Crippen LogP contribution is -1.99. The largest absolute Gasteiger partial charge is 0.296 e. The summed E-state index contributed by atoms with van der Waals surface area (Å²) in [7, 11) is 0. The van der Waals surface area contributed by atoms with Gasteiger partial charge in [0.25, 0.3) is 0 Å². The molecule has 3 aromatic rings. The lowest BCUT2D eigenvalue weighted by atomic mass is 10.1. The summed E-state index contributed by atoms with van der Waals surface area (Å²) in [6.45, 7) is 0. The number of benzene rings is 1. The Morgan fingerprint density at radius 1 is 1.37 bits per heavy atom. The van der Waals surface area contributed by atoms with Crippen LogP contribution in [0, 0.1) is 5.82 Å². The van der Waals surface area contributed by atoms with Gasteiger partial charge >= 0.3 is 0 Å². The van der Waals surface area contributed by atoms with E-state index in [1.165, 1.54) is 28.2 Å². The second kappa shape index (κ2) is 4.69. The number of hydrogen-bond donors (Lipinski definition) is 0. The first-order valence-corrected chi connectivity index (χ1v) is 6.24. The van der Waals surface area contributed by atoms with Crippen LogP contribution in [0.25, 0.3) is 16.4 Å². The van der Waals surface area contributed by atoms with Crippen LogP contribution in [-0.2, 0) is 0 Å². The Hall–Kier alpha value is -2.41. The van der Waals surface area contributed by atoms with E-state index in [0.717, 1.165) is 0 Å². The van der Waals surface area contributed by atoms with E-state index in [-0.39, 0.29) is 11.5 Å². The standard InChI is InChI=1S/C12H7FN4OS/c13-9-3-1-2-8(6-9)11-10(7-18)15-16-17(11)12-14-4-5-19-12/h1-7H. The normalized spacial score (nSPS) is 10.6. The molecule has 0 amide bonds. The van der Waals surface area contributed by atoms with Gasteiger partial charge in [0.05, 0.1) is 0 Å². The van der Waals surface area contributed by atoms with Gasteiger partial charge in [0.15, 0.2) is 12.0 Å². The molecular weight excluding hydrogens is 267 g/mol. The minimum absolute atomic E-state index is 0.154. The van der Waals surface area contributed by atoms with Crippen molar-refractivity contribution in [2.75, 3.05) is 0 Å². The zero-order valence-corrected chi connectivity index (χ0v) is 10.3. The van der Waals surface area contributed by atoms with E-state index in [0.29, 0.717) is 22.7 Å². The fraction of sp³-hybridized carbons (Fsp3) is 0. The van der Waals surface area contributed by atoms with Crippen molar-refractivity contribution in [1.29, 1.82) is 0 Å². The second-order valence-corrected chi connectivity index (χ2v) is 4.55. The molecule has 0 aliphatic heterocycles. The number of rotatable bonds is 3. The summed E-state index contributed by atoms with van der Waals surface area (Å²) in [6.07, 6.45) is 2.22. The number of carbonyl (C=O) groups excluding carboxylic acids is 1. The number of hydrogen-bond acceptors (Lipinski definition) is 5. The van der Waals surface area contributed by atoms with Gasteiger partial charge in [-0.15, -0.1) is 16.4 Å². The zero-order chi connectivity index (χ0) is 13.2. The molecule has 0 radical (unpaired) electrons. The first-order valence-electron chi connectivity index (χ1n) is 5.36. The quantitative estimate of drug-likeness (QED) is 0.688. The maximum absolute atomic E-state index is 13.3. The van der Waals surface area contributed by atoms with Gasteiger partial charge in [-0.05, 0) is 12.1 Å². The summed E-state index contributed by atoms with van der Waals surface area (Å²) >= 11 is 1.35. The molecule has 0 saturated heterocycles. The Kier molecular flexibility index (Phi) is 2.88. The van der Waals surface area contributed by atoms with Crippen LogP contribution < -0.4 is 0 Å². The SMILES string of the molecule is O=Cc1nnn(-c2nccs2)c1-c1cccc(F)c1. The van der Waals surface area contributed by atoms with Crippen LogP contribution in [0.3, 0.4) is 0 Å². The first kappa shape index (κ1) is 11.7. The maximum Gasteiger partial charge on any atom is 0.212 e. The lowest BCUT2D eigenvalue weighted by Gasteiger charge is -2.03. The summed E-state index contributed by atoms with van der Waals surface area (Å²) in [5, 5.41) is 10.0. The summed E-state index contributed by atoms with van der Waals surface area (Å²) in [4.78, 5) is 15.2. The maximum atomic E-state index is 13.3. The molecule has 0 unspecified atom stereocenters. The van der Waals surface area contributed by atoms with Crippen LogP contribution in [0.1, 0.15) is 10.5 Å². The molecule has 0 aliphatic carbocycles. The molecule has 0 bridgehead atoms. The fourth-order valence-corrected chi connectivity index (χ4v) is 2.33. The van der Waals surface area contributed by atoms with Gasteiger partial charge in [-0.3, -0.25) is 4.79 Å². The Balaban J connectivity index is 2.24. The molecule has 0 aliphatic rings. The Bertz CT molecular complexity index is 723. The van der Waals surface area contributed by atoms with E-state index in [4.69, 9.17) is 0 Å². The topological polar surface area (TPSA) is 60.7 Å². The van der Waals surface area contributed by atoms with Gasteiger partial charge in [-0.2, -0.15) is 4.68 Å². The molecule has 19 heavy (non-hydrogen) atoms. The predicted molar refractivity (Wildman–Crippen MR) is 67.8 cm³/mol. The highest BCUT2D eigenvalue weighted by Crippen LogP contribution is 2.25. The van der Waals surface area contributed by atoms with Crippen LogP contribution in [-0.4, -0.2) is 26.3 Å². The van der Waals surface area contributed by atoms with Crippen molar-refractivity contribution >= 4 is 17.6 Å². The number of halogens is 1. The van der Waals surface area contributed by atoms with Crippen molar-refractivity contribution in [3.8, 4) is 16.4 Å². The van der Waals surface area contributed by atoms with Crippen molar-refractivity contribution < 1.29 is 9.18 Å². The van der Waals surface area contributed by atoms with E-state index in [1.807, 2.05) is 0 Å². The number of thiazole rings is 1. The average Bonchev–Trinajstić information content (AvgIpc) is 3.07. The fourth-order valence-electron chi connectivity index (χ4n) is 1.73. The van der Waals surface area contributed by atoms with Crippen LogP contribution in [0.15, 0.2) is 35.8 Å². The summed E-state index contributed by atoms with van der Waals surface area (Å²) in [5.41, 5.74) is 1.12. The van der Waals surface area contributed by atoms with Gasteiger partial charge in [0, 0.05) is 17.1 Å². The second-order valence-electron chi connectivity index (χ2n) is 3.68. The molecule has 0 N–H and O–H groups in total. The third-order valence-corrected chi connectivity index (χ3v) is 3.25. The lowest BCUT2D eigenvalue weighted by molar-refractivity contribution is 0.111. The molecular formula is C12H7FN4OS. The number of carbonyl (C=O) groups is 1. The Morgan fingerprint density at radius 3 is 2.95 bits per heavy atom. The van der Waals surface area contributed by atoms with E-state index < -0.39 is 0 Å². The molecule has 5 nitrogen and oxygen atoms in total. The average molecular weight is 274 g/mol.